The van der Waals surface area contributed by atoms with Gasteiger partial charge in [-0.1, -0.05) is 44.2 Å². The van der Waals surface area contributed by atoms with Crippen LogP contribution in [0.15, 0.2) is 53.5 Å². The summed E-state index contributed by atoms with van der Waals surface area (Å²) in [6.07, 6.45) is 1.48. The van der Waals surface area contributed by atoms with Gasteiger partial charge in [-0.2, -0.15) is 5.10 Å². The largest absolute Gasteiger partial charge is 0.477 e. The summed E-state index contributed by atoms with van der Waals surface area (Å²) in [6.45, 7) is 4.80. The molecule has 2 aromatic heterocycles. The summed E-state index contributed by atoms with van der Waals surface area (Å²) >= 11 is 0. The van der Waals surface area contributed by atoms with Gasteiger partial charge in [0.2, 0.25) is 0 Å². The summed E-state index contributed by atoms with van der Waals surface area (Å²) in [5.74, 6) is -0.938. The summed E-state index contributed by atoms with van der Waals surface area (Å²) in [4.78, 5) is 23.7. The van der Waals surface area contributed by atoms with Gasteiger partial charge in [0.25, 0.3) is 0 Å². The second kappa shape index (κ2) is 5.98. The number of carboxylic acid groups (broad SMARTS) is 1. The van der Waals surface area contributed by atoms with Crippen molar-refractivity contribution in [3.8, 4) is 22.6 Å². The molecule has 0 spiro atoms. The van der Waals surface area contributed by atoms with Crippen molar-refractivity contribution in [3.63, 3.8) is 0 Å². The van der Waals surface area contributed by atoms with E-state index in [1.165, 1.54) is 12.3 Å². The average molecular weight is 349 g/mol. The molecule has 6 heteroatoms. The topological polar surface area (TPSA) is 77.1 Å². The second-order valence-corrected chi connectivity index (χ2v) is 6.92. The standard InChI is InChI=1S/C20H19N3O3/c1-12(2)18-11-23-17(8-15(21-23)13-6-4-3-5-7-13)16-9-19(24)14(20(25)26)10-22(16)18/h3-10,12,18H,11H2,1-2H3,(H,25,26)/t18-/m0/s1. The lowest BCUT2D eigenvalue weighted by Gasteiger charge is -2.32. The predicted octanol–water partition coefficient (Wildman–Crippen LogP) is 3.29. The van der Waals surface area contributed by atoms with Gasteiger partial charge >= 0.3 is 5.97 Å². The quantitative estimate of drug-likeness (QED) is 0.787. The lowest BCUT2D eigenvalue weighted by molar-refractivity contribution is 0.0694. The lowest BCUT2D eigenvalue weighted by atomic mass is 9.99. The van der Waals surface area contributed by atoms with Crippen LogP contribution in [-0.4, -0.2) is 25.4 Å². The Kier molecular flexibility index (Phi) is 3.76. The molecule has 1 atom stereocenters. The van der Waals surface area contributed by atoms with Crippen LogP contribution in [0.25, 0.3) is 22.6 Å². The first-order chi connectivity index (χ1) is 12.5. The van der Waals surface area contributed by atoms with Crippen molar-refractivity contribution in [2.24, 2.45) is 5.92 Å². The molecule has 0 radical (unpaired) electrons. The smallest absolute Gasteiger partial charge is 0.341 e. The Balaban J connectivity index is 1.93. The highest BCUT2D eigenvalue weighted by Crippen LogP contribution is 2.35. The zero-order valence-electron chi connectivity index (χ0n) is 14.6. The monoisotopic (exact) mass is 349 g/mol. The Hall–Kier alpha value is -3.15. The van der Waals surface area contributed by atoms with Crippen molar-refractivity contribution in [1.29, 1.82) is 0 Å². The number of pyridine rings is 1. The lowest BCUT2D eigenvalue weighted by Crippen LogP contribution is -2.31. The van der Waals surface area contributed by atoms with Crippen molar-refractivity contribution in [1.82, 2.24) is 14.3 Å². The van der Waals surface area contributed by atoms with Gasteiger partial charge in [-0.3, -0.25) is 9.48 Å². The average Bonchev–Trinajstić information content (AvgIpc) is 3.05. The first-order valence-corrected chi connectivity index (χ1v) is 8.59. The molecule has 0 bridgehead atoms. The van der Waals surface area contributed by atoms with E-state index in [2.05, 4.69) is 13.8 Å². The first-order valence-electron chi connectivity index (χ1n) is 8.59. The maximum atomic E-state index is 12.3. The van der Waals surface area contributed by atoms with E-state index in [9.17, 15) is 14.7 Å². The van der Waals surface area contributed by atoms with Crippen molar-refractivity contribution >= 4 is 5.97 Å². The fourth-order valence-corrected chi connectivity index (χ4v) is 3.50. The Morgan fingerprint density at radius 2 is 1.92 bits per heavy atom. The van der Waals surface area contributed by atoms with Crippen LogP contribution < -0.4 is 5.43 Å². The molecule has 1 aliphatic rings. The van der Waals surface area contributed by atoms with Crippen LogP contribution in [0.5, 0.6) is 0 Å². The van der Waals surface area contributed by atoms with E-state index < -0.39 is 11.4 Å². The molecule has 1 aliphatic heterocycles. The minimum atomic E-state index is -1.20. The number of aromatic nitrogens is 3. The summed E-state index contributed by atoms with van der Waals surface area (Å²) in [5.41, 5.74) is 2.70. The van der Waals surface area contributed by atoms with Crippen molar-refractivity contribution in [2.75, 3.05) is 0 Å². The Bertz CT molecular complexity index is 1050. The highest BCUT2D eigenvalue weighted by molar-refractivity contribution is 5.87. The van der Waals surface area contributed by atoms with E-state index in [4.69, 9.17) is 5.10 Å². The van der Waals surface area contributed by atoms with Gasteiger partial charge in [0.15, 0.2) is 5.43 Å². The maximum absolute atomic E-state index is 12.3. The normalized spacial score (nSPS) is 15.6. The van der Waals surface area contributed by atoms with Gasteiger partial charge in [0.1, 0.15) is 5.56 Å². The Morgan fingerprint density at radius 3 is 2.58 bits per heavy atom. The van der Waals surface area contributed by atoms with Crippen LogP contribution in [0.3, 0.4) is 0 Å². The number of fused-ring (bicyclic) bond motifs is 3. The molecule has 1 aromatic carbocycles. The van der Waals surface area contributed by atoms with E-state index in [1.54, 1.807) is 0 Å². The summed E-state index contributed by atoms with van der Waals surface area (Å²) < 4.78 is 3.84. The van der Waals surface area contributed by atoms with E-state index in [1.807, 2.05) is 45.6 Å². The third kappa shape index (κ3) is 2.54. The van der Waals surface area contributed by atoms with Gasteiger partial charge < -0.3 is 9.67 Å². The molecule has 132 valence electrons. The van der Waals surface area contributed by atoms with Gasteiger partial charge in [-0.25, -0.2) is 4.79 Å². The van der Waals surface area contributed by atoms with Crippen molar-refractivity contribution in [3.05, 3.63) is 64.4 Å². The SMILES string of the molecule is CC(C)[C@@H]1Cn2nc(-c3ccccc3)cc2-c2cc(=O)c(C(=O)O)cn21. The maximum Gasteiger partial charge on any atom is 0.341 e. The summed E-state index contributed by atoms with van der Waals surface area (Å²) in [5, 5.41) is 14.0. The molecule has 6 nitrogen and oxygen atoms in total. The first kappa shape index (κ1) is 16.3. The minimum absolute atomic E-state index is 0.0275. The molecular formula is C20H19N3O3. The van der Waals surface area contributed by atoms with E-state index in [-0.39, 0.29) is 17.5 Å². The number of aromatic carboxylic acids is 1. The number of hydrogen-bond donors (Lipinski definition) is 1. The van der Waals surface area contributed by atoms with Crippen molar-refractivity contribution < 1.29 is 9.90 Å². The predicted molar refractivity (Wildman–Crippen MR) is 98.2 cm³/mol. The van der Waals surface area contributed by atoms with Crippen LogP contribution in [0.1, 0.15) is 30.2 Å². The number of carboxylic acids is 1. The molecule has 0 saturated carbocycles. The molecular weight excluding hydrogens is 330 g/mol. The van der Waals surface area contributed by atoms with Crippen LogP contribution in [0.4, 0.5) is 0 Å². The Labute approximate surface area is 150 Å². The molecule has 4 rings (SSSR count). The number of benzene rings is 1. The molecule has 0 unspecified atom stereocenters. The highest BCUT2D eigenvalue weighted by atomic mass is 16.4. The van der Waals surface area contributed by atoms with Crippen LogP contribution >= 0.6 is 0 Å². The van der Waals surface area contributed by atoms with E-state index >= 15 is 0 Å². The molecule has 1 N–H and O–H groups in total. The molecule has 0 fully saturated rings. The van der Waals surface area contributed by atoms with E-state index in [0.717, 1.165) is 17.0 Å². The number of hydrogen-bond acceptors (Lipinski definition) is 3. The molecule has 26 heavy (non-hydrogen) atoms. The number of rotatable bonds is 3. The molecule has 0 amide bonds. The fraction of sp³-hybridized carbons (Fsp3) is 0.250. The minimum Gasteiger partial charge on any atom is -0.477 e. The fourth-order valence-electron chi connectivity index (χ4n) is 3.50. The summed E-state index contributed by atoms with van der Waals surface area (Å²) in [6, 6.07) is 13.3. The van der Waals surface area contributed by atoms with Gasteiger partial charge in [0.05, 0.1) is 29.7 Å². The van der Waals surface area contributed by atoms with Crippen LogP contribution in [-0.2, 0) is 6.54 Å². The van der Waals surface area contributed by atoms with Crippen LogP contribution in [0, 0.1) is 5.92 Å². The number of nitrogens with zero attached hydrogens (tertiary/aromatic N) is 3. The third-order valence-corrected chi connectivity index (χ3v) is 4.91. The molecule has 0 saturated heterocycles. The third-order valence-electron chi connectivity index (χ3n) is 4.91. The van der Waals surface area contributed by atoms with Crippen molar-refractivity contribution in [2.45, 2.75) is 26.4 Å². The molecule has 3 aromatic rings. The molecule has 0 aliphatic carbocycles. The van der Waals surface area contributed by atoms with E-state index in [0.29, 0.717) is 12.2 Å². The van der Waals surface area contributed by atoms with Gasteiger partial charge in [0, 0.05) is 17.8 Å². The molecule has 3 heterocycles. The van der Waals surface area contributed by atoms with Gasteiger partial charge in [-0.15, -0.1) is 0 Å². The second-order valence-electron chi connectivity index (χ2n) is 6.92. The Morgan fingerprint density at radius 1 is 1.19 bits per heavy atom. The highest BCUT2D eigenvalue weighted by Gasteiger charge is 2.29. The zero-order valence-corrected chi connectivity index (χ0v) is 14.6. The summed E-state index contributed by atoms with van der Waals surface area (Å²) in [7, 11) is 0. The van der Waals surface area contributed by atoms with Crippen LogP contribution in [0.2, 0.25) is 0 Å². The van der Waals surface area contributed by atoms with Gasteiger partial charge in [-0.05, 0) is 12.0 Å². The zero-order chi connectivity index (χ0) is 18.4. The number of carbonyl (C=O) groups is 1.